The minimum atomic E-state index is -0.0635. The molecule has 1 fully saturated rings. The van der Waals surface area contributed by atoms with Crippen LogP contribution in [0.25, 0.3) is 0 Å². The van der Waals surface area contributed by atoms with Crippen LogP contribution in [0.15, 0.2) is 5.38 Å². The van der Waals surface area contributed by atoms with Crippen LogP contribution < -0.4 is 10.6 Å². The number of amides is 1. The van der Waals surface area contributed by atoms with Crippen LogP contribution in [-0.2, 0) is 11.3 Å². The monoisotopic (exact) mass is 296 g/mol. The molecule has 1 saturated heterocycles. The Hall–Kier alpha value is -0.980. The largest absolute Gasteiger partial charge is 0.313 e. The summed E-state index contributed by atoms with van der Waals surface area (Å²) in [5.74, 6) is -0.0635. The van der Waals surface area contributed by atoms with E-state index in [9.17, 15) is 4.79 Å². The maximum atomic E-state index is 11.0. The zero-order valence-corrected chi connectivity index (χ0v) is 13.1. The van der Waals surface area contributed by atoms with Gasteiger partial charge in [-0.15, -0.1) is 11.3 Å². The van der Waals surface area contributed by atoms with E-state index in [1.807, 2.05) is 5.38 Å². The van der Waals surface area contributed by atoms with E-state index < -0.39 is 0 Å². The summed E-state index contributed by atoms with van der Waals surface area (Å²) in [5, 5.41) is 9.02. The van der Waals surface area contributed by atoms with E-state index >= 15 is 0 Å². The number of rotatable bonds is 7. The van der Waals surface area contributed by atoms with Crippen LogP contribution in [0.2, 0.25) is 0 Å². The van der Waals surface area contributed by atoms with Gasteiger partial charge in [0.05, 0.1) is 5.69 Å². The van der Waals surface area contributed by atoms with Crippen molar-refractivity contribution in [1.29, 1.82) is 0 Å². The van der Waals surface area contributed by atoms with Gasteiger partial charge in [-0.25, -0.2) is 4.98 Å². The zero-order valence-electron chi connectivity index (χ0n) is 12.3. The van der Waals surface area contributed by atoms with Gasteiger partial charge in [-0.3, -0.25) is 9.69 Å². The molecule has 0 saturated carbocycles. The Labute approximate surface area is 124 Å². The summed E-state index contributed by atoms with van der Waals surface area (Å²) in [7, 11) is 0. The van der Waals surface area contributed by atoms with Crippen LogP contribution in [0.1, 0.15) is 38.8 Å². The van der Waals surface area contributed by atoms with Crippen molar-refractivity contribution in [3.63, 3.8) is 0 Å². The van der Waals surface area contributed by atoms with Crippen molar-refractivity contribution in [3.8, 4) is 0 Å². The summed E-state index contributed by atoms with van der Waals surface area (Å²) in [5.41, 5.74) is 1.05. The molecule has 1 aliphatic heterocycles. The number of aromatic nitrogens is 1. The third kappa shape index (κ3) is 4.85. The second-order valence-electron chi connectivity index (χ2n) is 5.35. The molecule has 2 N–H and O–H groups in total. The number of hydrogen-bond acceptors (Lipinski definition) is 5. The molecule has 6 heteroatoms. The molecule has 1 aliphatic rings. The van der Waals surface area contributed by atoms with E-state index in [2.05, 4.69) is 27.4 Å². The van der Waals surface area contributed by atoms with Gasteiger partial charge >= 0.3 is 0 Å². The van der Waals surface area contributed by atoms with Crippen molar-refractivity contribution in [3.05, 3.63) is 11.1 Å². The fraction of sp³-hybridized carbons (Fsp3) is 0.714. The van der Waals surface area contributed by atoms with Crippen LogP contribution in [0.5, 0.6) is 0 Å². The van der Waals surface area contributed by atoms with Crippen LogP contribution in [0.4, 0.5) is 5.13 Å². The molecule has 1 unspecified atom stereocenters. The number of carbonyl (C=O) groups excluding carboxylic acids is 1. The number of thiazole rings is 1. The average molecular weight is 296 g/mol. The van der Waals surface area contributed by atoms with Gasteiger partial charge < -0.3 is 10.6 Å². The lowest BCUT2D eigenvalue weighted by molar-refractivity contribution is -0.114. The van der Waals surface area contributed by atoms with Gasteiger partial charge in [-0.05, 0) is 32.4 Å². The van der Waals surface area contributed by atoms with Crippen LogP contribution in [0.3, 0.4) is 0 Å². The molecule has 1 amide bonds. The third-order valence-electron chi connectivity index (χ3n) is 3.40. The molecule has 0 radical (unpaired) electrons. The molecular formula is C14H24N4OS. The molecule has 5 nitrogen and oxygen atoms in total. The first-order valence-electron chi connectivity index (χ1n) is 7.35. The second kappa shape index (κ2) is 7.71. The van der Waals surface area contributed by atoms with E-state index in [0.29, 0.717) is 11.2 Å². The summed E-state index contributed by atoms with van der Waals surface area (Å²) in [6, 6.07) is 0.620. The van der Waals surface area contributed by atoms with Crippen molar-refractivity contribution in [1.82, 2.24) is 15.2 Å². The van der Waals surface area contributed by atoms with Crippen LogP contribution >= 0.6 is 11.3 Å². The first-order valence-corrected chi connectivity index (χ1v) is 8.23. The zero-order chi connectivity index (χ0) is 14.4. The molecule has 0 bridgehead atoms. The lowest BCUT2D eigenvalue weighted by Crippen LogP contribution is -2.37. The Morgan fingerprint density at radius 1 is 1.65 bits per heavy atom. The first kappa shape index (κ1) is 15.4. The summed E-state index contributed by atoms with van der Waals surface area (Å²) >= 11 is 1.50. The standard InChI is InChI=1S/C14H24N4OS/c1-3-7-18(8-12-5-4-6-15-12)9-13-10-20-14(17-13)16-11(2)19/h10,12,15H,3-9H2,1-2H3,(H,16,17,19). The van der Waals surface area contributed by atoms with Crippen molar-refractivity contribution in [2.24, 2.45) is 0 Å². The van der Waals surface area contributed by atoms with Crippen molar-refractivity contribution in [2.45, 2.75) is 45.7 Å². The van der Waals surface area contributed by atoms with Crippen LogP contribution in [0, 0.1) is 0 Å². The molecule has 0 spiro atoms. The Bertz CT molecular complexity index is 429. The molecule has 2 heterocycles. The average Bonchev–Trinajstić information content (AvgIpc) is 3.01. The van der Waals surface area contributed by atoms with Gasteiger partial charge in [-0.1, -0.05) is 6.92 Å². The van der Waals surface area contributed by atoms with Gasteiger partial charge in [-0.2, -0.15) is 0 Å². The topological polar surface area (TPSA) is 57.3 Å². The van der Waals surface area contributed by atoms with Crippen molar-refractivity contribution in [2.75, 3.05) is 25.0 Å². The van der Waals surface area contributed by atoms with Crippen molar-refractivity contribution >= 4 is 22.4 Å². The van der Waals surface area contributed by atoms with Gasteiger partial charge in [0.2, 0.25) is 5.91 Å². The van der Waals surface area contributed by atoms with E-state index in [4.69, 9.17) is 0 Å². The molecule has 112 valence electrons. The van der Waals surface area contributed by atoms with Crippen molar-refractivity contribution < 1.29 is 4.79 Å². The van der Waals surface area contributed by atoms with E-state index in [-0.39, 0.29) is 5.91 Å². The lowest BCUT2D eigenvalue weighted by atomic mass is 10.2. The molecule has 2 rings (SSSR count). The normalized spacial score (nSPS) is 18.6. The molecular weight excluding hydrogens is 272 g/mol. The molecule has 1 aromatic rings. The Morgan fingerprint density at radius 2 is 2.50 bits per heavy atom. The van der Waals surface area contributed by atoms with Gasteiger partial charge in [0.25, 0.3) is 0 Å². The highest BCUT2D eigenvalue weighted by molar-refractivity contribution is 7.13. The smallest absolute Gasteiger partial charge is 0.223 e. The number of nitrogens with one attached hydrogen (secondary N) is 2. The summed E-state index contributed by atoms with van der Waals surface area (Å²) in [6.07, 6.45) is 3.71. The quantitative estimate of drug-likeness (QED) is 0.809. The molecule has 0 aliphatic carbocycles. The summed E-state index contributed by atoms with van der Waals surface area (Å²) in [6.45, 7) is 7.90. The minimum Gasteiger partial charge on any atom is -0.313 e. The molecule has 1 atom stereocenters. The molecule has 1 aromatic heterocycles. The predicted molar refractivity (Wildman–Crippen MR) is 83.0 cm³/mol. The summed E-state index contributed by atoms with van der Waals surface area (Å²) < 4.78 is 0. The van der Waals surface area contributed by atoms with E-state index in [0.717, 1.165) is 38.3 Å². The fourth-order valence-corrected chi connectivity index (χ4v) is 3.34. The summed E-state index contributed by atoms with van der Waals surface area (Å²) in [4.78, 5) is 17.9. The van der Waals surface area contributed by atoms with E-state index in [1.54, 1.807) is 0 Å². The highest BCUT2D eigenvalue weighted by atomic mass is 32.1. The SMILES string of the molecule is CCCN(Cc1csc(NC(C)=O)n1)CC1CCCN1. The Balaban J connectivity index is 1.89. The first-order chi connectivity index (χ1) is 9.67. The van der Waals surface area contributed by atoms with Gasteiger partial charge in [0.1, 0.15) is 0 Å². The van der Waals surface area contributed by atoms with Gasteiger partial charge in [0, 0.05) is 31.4 Å². The number of hydrogen-bond donors (Lipinski definition) is 2. The molecule has 0 aromatic carbocycles. The minimum absolute atomic E-state index is 0.0635. The fourth-order valence-electron chi connectivity index (χ4n) is 2.59. The van der Waals surface area contributed by atoms with Gasteiger partial charge in [0.15, 0.2) is 5.13 Å². The maximum absolute atomic E-state index is 11.0. The highest BCUT2D eigenvalue weighted by Gasteiger charge is 2.18. The van der Waals surface area contributed by atoms with E-state index in [1.165, 1.54) is 31.1 Å². The number of anilines is 1. The third-order valence-corrected chi connectivity index (χ3v) is 4.21. The Kier molecular flexibility index (Phi) is 5.94. The number of carbonyl (C=O) groups is 1. The number of nitrogens with zero attached hydrogens (tertiary/aromatic N) is 2. The second-order valence-corrected chi connectivity index (χ2v) is 6.21. The maximum Gasteiger partial charge on any atom is 0.223 e. The highest BCUT2D eigenvalue weighted by Crippen LogP contribution is 2.17. The van der Waals surface area contributed by atoms with Crippen LogP contribution in [-0.4, -0.2) is 41.5 Å². The molecule has 20 heavy (non-hydrogen) atoms. The Morgan fingerprint density at radius 3 is 3.15 bits per heavy atom. The predicted octanol–water partition coefficient (Wildman–Crippen LogP) is 2.07. The lowest BCUT2D eigenvalue weighted by Gasteiger charge is -2.24.